The van der Waals surface area contributed by atoms with Crippen molar-refractivity contribution in [2.75, 3.05) is 5.32 Å². The number of nitrogens with one attached hydrogen (secondary N) is 2. The van der Waals surface area contributed by atoms with Gasteiger partial charge in [-0.3, -0.25) is 9.59 Å². The van der Waals surface area contributed by atoms with Crippen LogP contribution in [0.4, 0.5) is 24.5 Å². The van der Waals surface area contributed by atoms with E-state index in [1.54, 1.807) is 24.3 Å². The molecule has 3 rings (SSSR count). The standard InChI is InChI=1S/C18H13ClF3N3O2S/c19-11-4-6-12(7-5-11)24-17-25-16(27)14(28-17)9-15(26)23-13-3-1-2-10(8-13)18(20,21)22/h1-8,14H,9H2,(H,23,26)(H,24,25,27). The molecule has 1 aliphatic rings. The van der Waals surface area contributed by atoms with Crippen LogP contribution in [0.5, 0.6) is 0 Å². The first-order chi connectivity index (χ1) is 13.2. The van der Waals surface area contributed by atoms with Crippen LogP contribution in [0.3, 0.4) is 0 Å². The highest BCUT2D eigenvalue weighted by Crippen LogP contribution is 2.31. The predicted octanol–water partition coefficient (Wildman–Crippen LogP) is 4.61. The first-order valence-electron chi connectivity index (χ1n) is 7.99. The molecule has 146 valence electrons. The molecule has 1 atom stereocenters. The number of benzene rings is 2. The lowest BCUT2D eigenvalue weighted by Gasteiger charge is -2.10. The number of alkyl halides is 3. The number of rotatable bonds is 4. The lowest BCUT2D eigenvalue weighted by molar-refractivity contribution is -0.137. The highest BCUT2D eigenvalue weighted by Gasteiger charge is 2.33. The normalized spacial score (nSPS) is 18.2. The Hall–Kier alpha value is -2.52. The van der Waals surface area contributed by atoms with Gasteiger partial charge in [-0.1, -0.05) is 29.4 Å². The van der Waals surface area contributed by atoms with Crippen LogP contribution in [0.15, 0.2) is 53.5 Å². The van der Waals surface area contributed by atoms with Gasteiger partial charge in [-0.25, -0.2) is 4.99 Å². The van der Waals surface area contributed by atoms with E-state index >= 15 is 0 Å². The second-order valence-electron chi connectivity index (χ2n) is 5.82. The summed E-state index contributed by atoms with van der Waals surface area (Å²) in [5.41, 5.74) is -0.268. The van der Waals surface area contributed by atoms with Crippen molar-refractivity contribution in [1.29, 1.82) is 0 Å². The van der Waals surface area contributed by atoms with Gasteiger partial charge in [-0.15, -0.1) is 0 Å². The van der Waals surface area contributed by atoms with Crippen LogP contribution >= 0.6 is 23.4 Å². The van der Waals surface area contributed by atoms with Gasteiger partial charge in [0.2, 0.25) is 11.8 Å². The zero-order valence-corrected chi connectivity index (χ0v) is 15.7. The largest absolute Gasteiger partial charge is 0.416 e. The third-order valence-corrected chi connectivity index (χ3v) is 5.01. The van der Waals surface area contributed by atoms with Gasteiger partial charge in [-0.2, -0.15) is 13.2 Å². The van der Waals surface area contributed by atoms with E-state index < -0.39 is 28.8 Å². The molecular weight excluding hydrogens is 415 g/mol. The van der Waals surface area contributed by atoms with E-state index in [4.69, 9.17) is 11.6 Å². The number of anilines is 1. The highest BCUT2D eigenvalue weighted by atomic mass is 35.5. The molecule has 2 amide bonds. The summed E-state index contributed by atoms with van der Waals surface area (Å²) in [6.45, 7) is 0. The van der Waals surface area contributed by atoms with Gasteiger partial charge in [0.25, 0.3) is 0 Å². The molecule has 0 bridgehead atoms. The molecule has 1 unspecified atom stereocenters. The molecule has 2 N–H and O–H groups in total. The van der Waals surface area contributed by atoms with Gasteiger partial charge in [0.15, 0.2) is 5.17 Å². The summed E-state index contributed by atoms with van der Waals surface area (Å²) in [7, 11) is 0. The number of aliphatic imine (C=N–C) groups is 1. The Kier molecular flexibility index (Phi) is 5.95. The number of amides is 2. The van der Waals surface area contributed by atoms with Crippen molar-refractivity contribution in [2.24, 2.45) is 4.99 Å². The van der Waals surface area contributed by atoms with Crippen molar-refractivity contribution in [3.05, 3.63) is 59.1 Å². The average Bonchev–Trinajstić information content (AvgIpc) is 2.95. The summed E-state index contributed by atoms with van der Waals surface area (Å²) in [6.07, 6.45) is -4.71. The minimum Gasteiger partial charge on any atom is -0.326 e. The lowest BCUT2D eigenvalue weighted by atomic mass is 10.2. The number of hydrogen-bond acceptors (Lipinski definition) is 4. The van der Waals surface area contributed by atoms with Crippen LogP contribution in [0.25, 0.3) is 0 Å². The van der Waals surface area contributed by atoms with Crippen LogP contribution in [0, 0.1) is 0 Å². The van der Waals surface area contributed by atoms with Crippen molar-refractivity contribution in [1.82, 2.24) is 5.32 Å². The number of amidine groups is 1. The Labute approximate surface area is 167 Å². The SMILES string of the molecule is O=C(CC1SC(=Nc2ccc(Cl)cc2)NC1=O)Nc1cccc(C(F)(F)F)c1. The number of hydrogen-bond donors (Lipinski definition) is 2. The molecule has 0 aliphatic carbocycles. The number of halogens is 4. The Morgan fingerprint density at radius 2 is 1.93 bits per heavy atom. The zero-order chi connectivity index (χ0) is 20.3. The summed E-state index contributed by atoms with van der Waals surface area (Å²) in [4.78, 5) is 28.4. The molecule has 1 saturated heterocycles. The second kappa shape index (κ2) is 8.24. The maximum absolute atomic E-state index is 12.7. The molecule has 2 aromatic rings. The van der Waals surface area contributed by atoms with Crippen LogP contribution in [-0.2, 0) is 15.8 Å². The maximum Gasteiger partial charge on any atom is 0.416 e. The van der Waals surface area contributed by atoms with Gasteiger partial charge >= 0.3 is 6.18 Å². The minimum atomic E-state index is -4.51. The molecule has 0 spiro atoms. The first-order valence-corrected chi connectivity index (χ1v) is 9.25. The third kappa shape index (κ3) is 5.26. The van der Waals surface area contributed by atoms with E-state index in [0.29, 0.717) is 15.9 Å². The molecule has 0 saturated carbocycles. The fraction of sp³-hybridized carbons (Fsp3) is 0.167. The maximum atomic E-state index is 12.7. The van der Waals surface area contributed by atoms with Crippen molar-refractivity contribution in [2.45, 2.75) is 17.8 Å². The van der Waals surface area contributed by atoms with Crippen molar-refractivity contribution >= 4 is 51.7 Å². The molecular formula is C18H13ClF3N3O2S. The van der Waals surface area contributed by atoms with Crippen molar-refractivity contribution in [3.63, 3.8) is 0 Å². The third-order valence-electron chi connectivity index (χ3n) is 3.68. The molecule has 5 nitrogen and oxygen atoms in total. The highest BCUT2D eigenvalue weighted by molar-refractivity contribution is 8.15. The summed E-state index contributed by atoms with van der Waals surface area (Å²) in [5.74, 6) is -0.961. The van der Waals surface area contributed by atoms with E-state index in [2.05, 4.69) is 15.6 Å². The summed E-state index contributed by atoms with van der Waals surface area (Å²) in [5, 5.41) is 5.13. The van der Waals surface area contributed by atoms with Gasteiger partial charge in [0.05, 0.1) is 11.3 Å². The molecule has 0 radical (unpaired) electrons. The molecule has 0 aromatic heterocycles. The monoisotopic (exact) mass is 427 g/mol. The smallest absolute Gasteiger partial charge is 0.326 e. The fourth-order valence-electron chi connectivity index (χ4n) is 2.38. The minimum absolute atomic E-state index is 0.0123. The first kappa shape index (κ1) is 20.2. The van der Waals surface area contributed by atoms with Gasteiger partial charge in [0.1, 0.15) is 5.25 Å². The van der Waals surface area contributed by atoms with Gasteiger partial charge in [0, 0.05) is 17.1 Å². The number of carbonyl (C=O) groups excluding carboxylic acids is 2. The molecule has 1 aliphatic heterocycles. The summed E-state index contributed by atoms with van der Waals surface area (Å²) in [6, 6.07) is 11.0. The fourth-order valence-corrected chi connectivity index (χ4v) is 3.49. The predicted molar refractivity (Wildman–Crippen MR) is 103 cm³/mol. The Morgan fingerprint density at radius 3 is 2.61 bits per heavy atom. The Morgan fingerprint density at radius 1 is 1.21 bits per heavy atom. The van der Waals surface area contributed by atoms with Crippen LogP contribution in [-0.4, -0.2) is 22.2 Å². The average molecular weight is 428 g/mol. The van der Waals surface area contributed by atoms with Crippen molar-refractivity contribution < 1.29 is 22.8 Å². The van der Waals surface area contributed by atoms with E-state index in [0.717, 1.165) is 23.9 Å². The summed E-state index contributed by atoms with van der Waals surface area (Å²) >= 11 is 6.88. The number of carbonyl (C=O) groups is 2. The van der Waals surface area contributed by atoms with E-state index in [1.165, 1.54) is 12.1 Å². The molecule has 1 fully saturated rings. The quantitative estimate of drug-likeness (QED) is 0.748. The van der Waals surface area contributed by atoms with Gasteiger partial charge in [-0.05, 0) is 42.5 Å². The van der Waals surface area contributed by atoms with E-state index in [9.17, 15) is 22.8 Å². The van der Waals surface area contributed by atoms with Crippen LogP contribution in [0.2, 0.25) is 5.02 Å². The number of thioether (sulfide) groups is 1. The van der Waals surface area contributed by atoms with Gasteiger partial charge < -0.3 is 10.6 Å². The lowest BCUT2D eigenvalue weighted by Crippen LogP contribution is -2.28. The van der Waals surface area contributed by atoms with Crippen LogP contribution in [0.1, 0.15) is 12.0 Å². The Balaban J connectivity index is 1.61. The summed E-state index contributed by atoms with van der Waals surface area (Å²) < 4.78 is 38.2. The van der Waals surface area contributed by atoms with E-state index in [1.807, 2.05) is 0 Å². The molecule has 2 aromatic carbocycles. The van der Waals surface area contributed by atoms with E-state index in [-0.39, 0.29) is 12.1 Å². The second-order valence-corrected chi connectivity index (χ2v) is 7.45. The number of nitrogens with zero attached hydrogens (tertiary/aromatic N) is 1. The topological polar surface area (TPSA) is 70.6 Å². The zero-order valence-electron chi connectivity index (χ0n) is 14.1. The Bertz CT molecular complexity index is 932. The molecule has 28 heavy (non-hydrogen) atoms. The van der Waals surface area contributed by atoms with Crippen LogP contribution < -0.4 is 10.6 Å². The molecule has 10 heteroatoms. The molecule has 1 heterocycles. The van der Waals surface area contributed by atoms with Crippen molar-refractivity contribution in [3.8, 4) is 0 Å².